The van der Waals surface area contributed by atoms with Crippen LogP contribution in [0.1, 0.15) is 336 Å². The molecule has 0 fully saturated rings. The van der Waals surface area contributed by atoms with E-state index in [1.807, 2.05) is 0 Å². The van der Waals surface area contributed by atoms with Crippen molar-refractivity contribution in [2.24, 2.45) is 5.92 Å². The van der Waals surface area contributed by atoms with E-state index >= 15 is 0 Å². The van der Waals surface area contributed by atoms with Crippen LogP contribution in [-0.2, 0) is 65.4 Å². The molecule has 0 aliphatic heterocycles. The van der Waals surface area contributed by atoms with Gasteiger partial charge in [0.05, 0.1) is 26.4 Å². The van der Waals surface area contributed by atoms with Crippen molar-refractivity contribution in [3.8, 4) is 0 Å². The minimum absolute atomic E-state index is 0.104. The third-order valence-corrected chi connectivity index (χ3v) is 17.2. The Morgan fingerprint density at radius 2 is 0.541 bits per heavy atom. The van der Waals surface area contributed by atoms with E-state index in [9.17, 15) is 43.2 Å². The molecule has 0 aliphatic carbocycles. The molecule has 0 aromatic rings. The zero-order valence-corrected chi connectivity index (χ0v) is 56.5. The molecule has 0 amide bonds. The van der Waals surface area contributed by atoms with Gasteiger partial charge < -0.3 is 33.8 Å². The highest BCUT2D eigenvalue weighted by atomic mass is 31.2. The van der Waals surface area contributed by atoms with Gasteiger partial charge in [0, 0.05) is 25.7 Å². The van der Waals surface area contributed by atoms with Gasteiger partial charge in [-0.3, -0.25) is 37.3 Å². The van der Waals surface area contributed by atoms with Gasteiger partial charge >= 0.3 is 39.5 Å². The van der Waals surface area contributed by atoms with Crippen LogP contribution in [0.2, 0.25) is 0 Å². The van der Waals surface area contributed by atoms with E-state index in [4.69, 9.17) is 37.0 Å². The van der Waals surface area contributed by atoms with Gasteiger partial charge in [0.2, 0.25) is 0 Å². The highest BCUT2D eigenvalue weighted by Gasteiger charge is 2.30. The third kappa shape index (κ3) is 60.7. The average Bonchev–Trinajstić information content (AvgIpc) is 3.54. The molecule has 2 unspecified atom stereocenters. The van der Waals surface area contributed by atoms with E-state index < -0.39 is 97.5 Å². The summed E-state index contributed by atoms with van der Waals surface area (Å²) in [4.78, 5) is 72.1. The first-order valence-corrected chi connectivity index (χ1v) is 37.6. The van der Waals surface area contributed by atoms with E-state index in [1.165, 1.54) is 154 Å². The summed E-state index contributed by atoms with van der Waals surface area (Å²) in [5.41, 5.74) is 0. The van der Waals surface area contributed by atoms with E-state index in [0.717, 1.165) is 102 Å². The Labute approximate surface area is 517 Å². The van der Waals surface area contributed by atoms with Crippen molar-refractivity contribution in [1.82, 2.24) is 0 Å². The molecule has 504 valence electrons. The topological polar surface area (TPSA) is 237 Å². The number of rotatable bonds is 66. The van der Waals surface area contributed by atoms with Crippen LogP contribution >= 0.6 is 15.6 Å². The van der Waals surface area contributed by atoms with Crippen molar-refractivity contribution < 1.29 is 80.2 Å². The maximum absolute atomic E-state index is 13.0. The second-order valence-electron chi connectivity index (χ2n) is 24.3. The van der Waals surface area contributed by atoms with Crippen molar-refractivity contribution in [1.29, 1.82) is 0 Å². The molecule has 0 spiro atoms. The first-order valence-electron chi connectivity index (χ1n) is 34.6. The van der Waals surface area contributed by atoms with Gasteiger partial charge in [-0.05, 0) is 31.6 Å². The Morgan fingerprint density at radius 3 is 0.800 bits per heavy atom. The zero-order valence-electron chi connectivity index (χ0n) is 54.7. The summed E-state index contributed by atoms with van der Waals surface area (Å²) in [7, 11) is -9.88. The Bertz CT molecular complexity index is 1650. The van der Waals surface area contributed by atoms with Gasteiger partial charge in [-0.25, -0.2) is 9.13 Å². The fraction of sp³-hybridized carbons (Fsp3) is 0.939. The number of hydrogen-bond donors (Lipinski definition) is 3. The monoisotopic (exact) mass is 1250 g/mol. The maximum atomic E-state index is 13.0. The number of hydrogen-bond acceptors (Lipinski definition) is 15. The van der Waals surface area contributed by atoms with Gasteiger partial charge in [-0.15, -0.1) is 0 Å². The number of aliphatic hydroxyl groups is 1. The second kappa shape index (κ2) is 59.7. The van der Waals surface area contributed by atoms with Crippen molar-refractivity contribution in [2.45, 2.75) is 355 Å². The van der Waals surface area contributed by atoms with Crippen LogP contribution in [0.25, 0.3) is 0 Å². The van der Waals surface area contributed by atoms with Gasteiger partial charge in [-0.1, -0.05) is 285 Å². The summed E-state index contributed by atoms with van der Waals surface area (Å²) in [6.07, 6.45) is 44.8. The van der Waals surface area contributed by atoms with E-state index in [-0.39, 0.29) is 25.7 Å². The highest BCUT2D eigenvalue weighted by Crippen LogP contribution is 2.45. The molecule has 5 atom stereocenters. The van der Waals surface area contributed by atoms with Crippen LogP contribution in [0, 0.1) is 5.92 Å². The Morgan fingerprint density at radius 1 is 0.318 bits per heavy atom. The van der Waals surface area contributed by atoms with Crippen molar-refractivity contribution in [2.75, 3.05) is 39.6 Å². The fourth-order valence-electron chi connectivity index (χ4n) is 9.94. The van der Waals surface area contributed by atoms with Gasteiger partial charge in [0.15, 0.2) is 12.2 Å². The summed E-state index contributed by atoms with van der Waals surface area (Å²) in [6.45, 7) is 7.09. The van der Waals surface area contributed by atoms with Crippen LogP contribution in [0.5, 0.6) is 0 Å². The van der Waals surface area contributed by atoms with Crippen molar-refractivity contribution in [3.63, 3.8) is 0 Å². The number of phosphoric ester groups is 2. The van der Waals surface area contributed by atoms with Crippen molar-refractivity contribution >= 4 is 39.5 Å². The minimum atomic E-state index is -4.95. The van der Waals surface area contributed by atoms with E-state index in [2.05, 4.69) is 34.6 Å². The smallest absolute Gasteiger partial charge is 0.462 e. The molecule has 0 aromatic heterocycles. The second-order valence-corrected chi connectivity index (χ2v) is 27.2. The highest BCUT2D eigenvalue weighted by molar-refractivity contribution is 7.47. The molecule has 0 radical (unpaired) electrons. The Balaban J connectivity index is 5.17. The SMILES string of the molecule is CCCCCCCCCCCCCCCCCCC(=O)O[C@H](COC(=O)CCCCCCCCCCCCCCC)COP(=O)(O)OC[C@@H](O)COP(=O)(O)OC[C@@H](COC(=O)CCCCCCC)OC(=O)CCCCCCCCCCC(C)C. The lowest BCUT2D eigenvalue weighted by Gasteiger charge is -2.21. The largest absolute Gasteiger partial charge is 0.472 e. The Hall–Kier alpha value is -1.94. The summed E-state index contributed by atoms with van der Waals surface area (Å²) in [6, 6.07) is 0. The zero-order chi connectivity index (χ0) is 62.8. The number of esters is 4. The molecule has 0 bridgehead atoms. The molecule has 19 heteroatoms. The van der Waals surface area contributed by atoms with Crippen molar-refractivity contribution in [3.05, 3.63) is 0 Å². The lowest BCUT2D eigenvalue weighted by molar-refractivity contribution is -0.161. The molecule has 0 heterocycles. The molecule has 85 heavy (non-hydrogen) atoms. The van der Waals surface area contributed by atoms with Crippen LogP contribution in [0.3, 0.4) is 0 Å². The average molecular weight is 1260 g/mol. The number of unbranched alkanes of at least 4 members (excludes halogenated alkanes) is 38. The number of carbonyl (C=O) groups excluding carboxylic acids is 4. The number of phosphoric acid groups is 2. The number of aliphatic hydroxyl groups excluding tert-OH is 1. The summed E-state index contributed by atoms with van der Waals surface area (Å²) >= 11 is 0. The van der Waals surface area contributed by atoms with Crippen LogP contribution in [0.15, 0.2) is 0 Å². The third-order valence-electron chi connectivity index (χ3n) is 15.3. The predicted molar refractivity (Wildman–Crippen MR) is 340 cm³/mol. The molecule has 0 saturated carbocycles. The van der Waals surface area contributed by atoms with Gasteiger partial charge in [0.25, 0.3) is 0 Å². The molecular formula is C66H128O17P2. The van der Waals surface area contributed by atoms with Crippen LogP contribution in [-0.4, -0.2) is 96.7 Å². The number of ether oxygens (including phenoxy) is 4. The normalized spacial score (nSPS) is 14.2. The lowest BCUT2D eigenvalue weighted by atomic mass is 10.0. The Kier molecular flexibility index (Phi) is 58.3. The number of carbonyl (C=O) groups is 4. The first-order chi connectivity index (χ1) is 41.0. The minimum Gasteiger partial charge on any atom is -0.462 e. The molecule has 0 saturated heterocycles. The van der Waals surface area contributed by atoms with Gasteiger partial charge in [0.1, 0.15) is 19.3 Å². The predicted octanol–water partition coefficient (Wildman–Crippen LogP) is 18.6. The molecule has 17 nitrogen and oxygen atoms in total. The standard InChI is InChI=1S/C66H128O17P2/c1-6-9-12-15-17-19-21-23-24-25-27-29-31-36-41-46-51-65(70)83-62(56-77-64(69)50-45-40-35-30-28-26-22-20-18-16-13-10-7-2)58-81-85(74,75)79-54-60(67)53-78-84(72,73)80-57-61(55-76-63(68)49-44-38-14-11-8-3)82-66(71)52-47-42-37-33-32-34-39-43-48-59(4)5/h59-62,67H,6-58H2,1-5H3,(H,72,73)(H,74,75)/t60-,61+,62+/m0/s1. The summed E-state index contributed by atoms with van der Waals surface area (Å²) < 4.78 is 67.9. The maximum Gasteiger partial charge on any atom is 0.472 e. The van der Waals surface area contributed by atoms with Crippen LogP contribution in [0.4, 0.5) is 0 Å². The molecular weight excluding hydrogens is 1130 g/mol. The van der Waals surface area contributed by atoms with E-state index in [0.29, 0.717) is 25.7 Å². The van der Waals surface area contributed by atoms with Crippen LogP contribution < -0.4 is 0 Å². The molecule has 0 aromatic carbocycles. The summed E-state index contributed by atoms with van der Waals surface area (Å²) in [5.74, 6) is -1.42. The molecule has 3 N–H and O–H groups in total. The lowest BCUT2D eigenvalue weighted by Crippen LogP contribution is -2.30. The molecule has 0 rings (SSSR count). The quantitative estimate of drug-likeness (QED) is 0.0222. The summed E-state index contributed by atoms with van der Waals surface area (Å²) in [5, 5.41) is 10.5. The fourth-order valence-corrected chi connectivity index (χ4v) is 11.5. The van der Waals surface area contributed by atoms with Gasteiger partial charge in [-0.2, -0.15) is 0 Å². The first kappa shape index (κ1) is 83.1. The van der Waals surface area contributed by atoms with E-state index in [1.54, 1.807) is 0 Å². The molecule has 0 aliphatic rings.